The van der Waals surface area contributed by atoms with Gasteiger partial charge in [-0.1, -0.05) is 37.3 Å². The molecule has 3 rings (SSSR count). The Balaban J connectivity index is 1.47. The Kier molecular flexibility index (Phi) is 5.25. The van der Waals surface area contributed by atoms with E-state index >= 15 is 0 Å². The fraction of sp³-hybridized carbons (Fsp3) is 0.263. The van der Waals surface area contributed by atoms with Crippen LogP contribution in [0.4, 0.5) is 14.5 Å². The zero-order chi connectivity index (χ0) is 19.4. The van der Waals surface area contributed by atoms with Crippen molar-refractivity contribution in [3.05, 3.63) is 54.1 Å². The van der Waals surface area contributed by atoms with Crippen molar-refractivity contribution in [3.63, 3.8) is 0 Å². The molecule has 1 aliphatic heterocycles. The Morgan fingerprint density at radius 1 is 1.11 bits per heavy atom. The number of hydrogen-bond donors (Lipinski definition) is 1. The van der Waals surface area contributed by atoms with Gasteiger partial charge in [-0.15, -0.1) is 8.78 Å². The molecular weight excluding hydrogens is 360 g/mol. The quantitative estimate of drug-likeness (QED) is 0.778. The van der Waals surface area contributed by atoms with Crippen molar-refractivity contribution in [2.24, 2.45) is 0 Å². The van der Waals surface area contributed by atoms with E-state index in [9.17, 15) is 18.4 Å². The fourth-order valence-corrected chi connectivity index (χ4v) is 2.58. The third-order valence-corrected chi connectivity index (χ3v) is 3.89. The molecule has 6 nitrogen and oxygen atoms in total. The molecular formula is C19H17F2NO5. The van der Waals surface area contributed by atoms with Crippen LogP contribution in [0.1, 0.15) is 24.8 Å². The SMILES string of the molecule is CC(CC(=O)OCC(=O)Nc1ccc2c(c1)OC(F)(F)O2)c1ccccc1. The standard InChI is InChI=1S/C19H17F2NO5/c1-12(13-5-3-2-4-6-13)9-18(24)25-11-17(23)22-14-7-8-15-16(10-14)27-19(20,21)26-15/h2-8,10,12H,9,11H2,1H3,(H,22,23). The van der Waals surface area contributed by atoms with Crippen LogP contribution in [0.3, 0.4) is 0 Å². The molecule has 0 spiro atoms. The van der Waals surface area contributed by atoms with E-state index in [-0.39, 0.29) is 29.5 Å². The van der Waals surface area contributed by atoms with Crippen LogP contribution in [0.2, 0.25) is 0 Å². The Labute approximate surface area is 154 Å². The van der Waals surface area contributed by atoms with E-state index in [2.05, 4.69) is 14.8 Å². The molecule has 0 aromatic heterocycles. The van der Waals surface area contributed by atoms with Crippen LogP contribution in [0, 0.1) is 0 Å². The minimum Gasteiger partial charge on any atom is -0.456 e. The zero-order valence-electron chi connectivity index (χ0n) is 14.4. The summed E-state index contributed by atoms with van der Waals surface area (Å²) >= 11 is 0. The van der Waals surface area contributed by atoms with Crippen molar-refractivity contribution in [1.82, 2.24) is 0 Å². The molecule has 27 heavy (non-hydrogen) atoms. The third-order valence-electron chi connectivity index (χ3n) is 3.89. The summed E-state index contributed by atoms with van der Waals surface area (Å²) in [7, 11) is 0. The van der Waals surface area contributed by atoms with E-state index < -0.39 is 24.8 Å². The molecule has 2 aromatic carbocycles. The number of rotatable bonds is 6. The Bertz CT molecular complexity index is 841. The third kappa shape index (κ3) is 4.93. The predicted molar refractivity (Wildman–Crippen MR) is 91.7 cm³/mol. The van der Waals surface area contributed by atoms with Gasteiger partial charge in [0, 0.05) is 11.8 Å². The Morgan fingerprint density at radius 2 is 1.81 bits per heavy atom. The monoisotopic (exact) mass is 377 g/mol. The topological polar surface area (TPSA) is 73.9 Å². The maximum atomic E-state index is 13.0. The van der Waals surface area contributed by atoms with Gasteiger partial charge in [-0.25, -0.2) is 0 Å². The first-order chi connectivity index (χ1) is 12.8. The average Bonchev–Trinajstić information content (AvgIpc) is 2.94. The Morgan fingerprint density at radius 3 is 2.56 bits per heavy atom. The number of benzene rings is 2. The van der Waals surface area contributed by atoms with Gasteiger partial charge in [0.1, 0.15) is 0 Å². The van der Waals surface area contributed by atoms with E-state index in [1.807, 2.05) is 37.3 Å². The van der Waals surface area contributed by atoms with Gasteiger partial charge in [0.15, 0.2) is 18.1 Å². The first kappa shape index (κ1) is 18.6. The largest absolute Gasteiger partial charge is 0.586 e. The molecule has 1 atom stereocenters. The van der Waals surface area contributed by atoms with E-state index in [0.717, 1.165) is 5.56 Å². The van der Waals surface area contributed by atoms with Crippen LogP contribution in [-0.4, -0.2) is 24.8 Å². The summed E-state index contributed by atoms with van der Waals surface area (Å²) < 4.78 is 39.5. The summed E-state index contributed by atoms with van der Waals surface area (Å²) in [5, 5.41) is 2.44. The first-order valence-corrected chi connectivity index (χ1v) is 8.23. The highest BCUT2D eigenvalue weighted by atomic mass is 19.3. The highest BCUT2D eigenvalue weighted by Gasteiger charge is 2.43. The number of ether oxygens (including phenoxy) is 3. The summed E-state index contributed by atoms with van der Waals surface area (Å²) in [5.74, 6) is -1.46. The van der Waals surface area contributed by atoms with Crippen molar-refractivity contribution < 1.29 is 32.6 Å². The molecule has 2 aromatic rings. The molecule has 0 saturated carbocycles. The maximum Gasteiger partial charge on any atom is 0.586 e. The molecule has 1 heterocycles. The van der Waals surface area contributed by atoms with Crippen molar-refractivity contribution in [2.45, 2.75) is 25.6 Å². The first-order valence-electron chi connectivity index (χ1n) is 8.23. The lowest BCUT2D eigenvalue weighted by Gasteiger charge is -2.11. The summed E-state index contributed by atoms with van der Waals surface area (Å²) in [6.07, 6.45) is -3.59. The molecule has 8 heteroatoms. The number of carbonyl (C=O) groups excluding carboxylic acids is 2. The number of fused-ring (bicyclic) bond motifs is 1. The molecule has 1 aliphatic rings. The lowest BCUT2D eigenvalue weighted by molar-refractivity contribution is -0.286. The average molecular weight is 377 g/mol. The number of carbonyl (C=O) groups is 2. The van der Waals surface area contributed by atoms with Gasteiger partial charge in [-0.05, 0) is 23.6 Å². The molecule has 142 valence electrons. The molecule has 0 saturated heterocycles. The molecule has 0 bridgehead atoms. The minimum absolute atomic E-state index is 0.0442. The highest BCUT2D eigenvalue weighted by molar-refractivity contribution is 5.93. The lowest BCUT2D eigenvalue weighted by Crippen LogP contribution is -2.25. The second-order valence-electron chi connectivity index (χ2n) is 6.05. The molecule has 0 radical (unpaired) electrons. The van der Waals surface area contributed by atoms with E-state index in [1.54, 1.807) is 0 Å². The second kappa shape index (κ2) is 7.61. The van der Waals surface area contributed by atoms with Crippen LogP contribution in [0.5, 0.6) is 11.5 Å². The van der Waals surface area contributed by atoms with Crippen molar-refractivity contribution >= 4 is 17.6 Å². The molecule has 1 N–H and O–H groups in total. The highest BCUT2D eigenvalue weighted by Crippen LogP contribution is 2.42. The van der Waals surface area contributed by atoms with Crippen LogP contribution in [0.25, 0.3) is 0 Å². The summed E-state index contributed by atoms with van der Waals surface area (Å²) in [4.78, 5) is 23.8. The number of nitrogens with one attached hydrogen (secondary N) is 1. The summed E-state index contributed by atoms with van der Waals surface area (Å²) in [6.45, 7) is 1.41. The van der Waals surface area contributed by atoms with Crippen LogP contribution in [-0.2, 0) is 14.3 Å². The number of hydrogen-bond acceptors (Lipinski definition) is 5. The number of alkyl halides is 2. The van der Waals surface area contributed by atoms with Crippen LogP contribution < -0.4 is 14.8 Å². The van der Waals surface area contributed by atoms with Gasteiger partial charge in [0.2, 0.25) is 0 Å². The molecule has 1 unspecified atom stereocenters. The normalized spacial score (nSPS) is 15.1. The maximum absolute atomic E-state index is 13.0. The predicted octanol–water partition coefficient (Wildman–Crippen LogP) is 3.68. The van der Waals surface area contributed by atoms with Gasteiger partial charge in [-0.2, -0.15) is 0 Å². The number of halogens is 2. The smallest absolute Gasteiger partial charge is 0.456 e. The minimum atomic E-state index is -3.73. The van der Waals surface area contributed by atoms with Crippen molar-refractivity contribution in [1.29, 1.82) is 0 Å². The fourth-order valence-electron chi connectivity index (χ4n) is 2.58. The molecule has 0 aliphatic carbocycles. The molecule has 0 fully saturated rings. The van der Waals surface area contributed by atoms with Gasteiger partial charge < -0.3 is 19.5 Å². The van der Waals surface area contributed by atoms with Gasteiger partial charge in [0.25, 0.3) is 5.91 Å². The number of esters is 1. The van der Waals surface area contributed by atoms with Gasteiger partial charge in [0.05, 0.1) is 6.42 Å². The molecule has 1 amide bonds. The van der Waals surface area contributed by atoms with Gasteiger partial charge >= 0.3 is 12.3 Å². The number of amides is 1. The Hall–Kier alpha value is -3.16. The van der Waals surface area contributed by atoms with Crippen molar-refractivity contribution in [2.75, 3.05) is 11.9 Å². The van der Waals surface area contributed by atoms with E-state index in [4.69, 9.17) is 4.74 Å². The second-order valence-corrected chi connectivity index (χ2v) is 6.05. The van der Waals surface area contributed by atoms with E-state index in [1.165, 1.54) is 18.2 Å². The van der Waals surface area contributed by atoms with E-state index in [0.29, 0.717) is 0 Å². The number of anilines is 1. The summed E-state index contributed by atoms with van der Waals surface area (Å²) in [5.41, 5.74) is 1.21. The zero-order valence-corrected chi connectivity index (χ0v) is 14.4. The van der Waals surface area contributed by atoms with Crippen molar-refractivity contribution in [3.8, 4) is 11.5 Å². The lowest BCUT2D eigenvalue weighted by atomic mass is 9.98. The van der Waals surface area contributed by atoms with Crippen LogP contribution in [0.15, 0.2) is 48.5 Å². The summed E-state index contributed by atoms with van der Waals surface area (Å²) in [6, 6.07) is 13.3. The van der Waals surface area contributed by atoms with Gasteiger partial charge in [-0.3, -0.25) is 9.59 Å². The van der Waals surface area contributed by atoms with Crippen LogP contribution >= 0.6 is 0 Å².